The monoisotopic (exact) mass is 413 g/mol. The molecule has 2 rings (SSSR count). The maximum Gasteiger partial charge on any atom is 0.252 e. The molecule has 0 saturated heterocycles. The molecular weight excluding hydrogens is 382 g/mol. The van der Waals surface area contributed by atoms with Gasteiger partial charge >= 0.3 is 0 Å². The summed E-state index contributed by atoms with van der Waals surface area (Å²) in [4.78, 5) is 14.0. The number of nitrogens with one attached hydrogen (secondary N) is 1. The van der Waals surface area contributed by atoms with Gasteiger partial charge in [-0.1, -0.05) is 68.9 Å². The van der Waals surface area contributed by atoms with Crippen LogP contribution in [-0.2, 0) is 9.22 Å². The van der Waals surface area contributed by atoms with Crippen LogP contribution in [0.4, 0.5) is 5.69 Å². The van der Waals surface area contributed by atoms with Gasteiger partial charge in [0.1, 0.15) is 0 Å². The van der Waals surface area contributed by atoms with Crippen molar-refractivity contribution < 1.29 is 9.22 Å². The first kappa shape index (κ1) is 22.5. The summed E-state index contributed by atoms with van der Waals surface area (Å²) in [7, 11) is -1.83. The number of carbonyl (C=O) groups excluding carboxylic acids is 1. The van der Waals surface area contributed by atoms with Crippen molar-refractivity contribution in [1.29, 1.82) is 0 Å². The van der Waals surface area contributed by atoms with Crippen LogP contribution in [0.1, 0.15) is 27.2 Å². The van der Waals surface area contributed by atoms with E-state index in [1.165, 1.54) is 0 Å². The van der Waals surface area contributed by atoms with E-state index in [1.54, 1.807) is 11.8 Å². The van der Waals surface area contributed by atoms with Gasteiger partial charge in [0.05, 0.1) is 0 Å². The summed E-state index contributed by atoms with van der Waals surface area (Å²) in [5.41, 5.74) is 1.53. The lowest BCUT2D eigenvalue weighted by atomic mass is 10.2. The highest BCUT2D eigenvalue weighted by Crippen LogP contribution is 2.36. The van der Waals surface area contributed by atoms with Crippen LogP contribution in [-0.4, -0.2) is 20.8 Å². The average Bonchev–Trinajstić information content (AvgIpc) is 2.65. The summed E-state index contributed by atoms with van der Waals surface area (Å²) >= 11 is 1.56. The molecule has 1 N–H and O–H groups in total. The summed E-state index contributed by atoms with van der Waals surface area (Å²) in [5, 5.41) is 5.09. The number of hydrogen-bond acceptors (Lipinski definition) is 3. The molecule has 28 heavy (non-hydrogen) atoms. The van der Waals surface area contributed by atoms with Gasteiger partial charge < -0.3 is 9.74 Å². The van der Waals surface area contributed by atoms with E-state index in [0.717, 1.165) is 16.2 Å². The van der Waals surface area contributed by atoms with Crippen molar-refractivity contribution in [2.24, 2.45) is 0 Å². The molecule has 0 spiro atoms. The first-order chi connectivity index (χ1) is 13.2. The van der Waals surface area contributed by atoms with Gasteiger partial charge in [-0.2, -0.15) is 0 Å². The van der Waals surface area contributed by atoms with E-state index < -0.39 is 8.32 Å². The van der Waals surface area contributed by atoms with Gasteiger partial charge in [0.2, 0.25) is 0 Å². The maximum atomic E-state index is 12.8. The number of anilines is 1. The molecule has 0 heterocycles. The Kier molecular flexibility index (Phi) is 8.10. The van der Waals surface area contributed by atoms with Gasteiger partial charge in [-0.05, 0) is 47.8 Å². The predicted octanol–water partition coefficient (Wildman–Crippen LogP) is 6.71. The van der Waals surface area contributed by atoms with Crippen molar-refractivity contribution in [2.75, 3.05) is 11.9 Å². The molecule has 1 amide bonds. The lowest BCUT2D eigenvalue weighted by Crippen LogP contribution is -2.41. The number of rotatable bonds is 8. The van der Waals surface area contributed by atoms with E-state index in [-0.39, 0.29) is 10.9 Å². The Morgan fingerprint density at radius 1 is 1.04 bits per heavy atom. The Balaban J connectivity index is 2.08. The van der Waals surface area contributed by atoms with E-state index in [2.05, 4.69) is 39.2 Å². The van der Waals surface area contributed by atoms with E-state index in [9.17, 15) is 4.79 Å². The average molecular weight is 414 g/mol. The topological polar surface area (TPSA) is 38.3 Å². The Morgan fingerprint density at radius 2 is 1.61 bits per heavy atom. The van der Waals surface area contributed by atoms with Gasteiger partial charge in [-0.15, -0.1) is 0 Å². The number of amides is 1. The van der Waals surface area contributed by atoms with E-state index in [4.69, 9.17) is 4.43 Å². The number of para-hydroxylation sites is 1. The largest absolute Gasteiger partial charge is 0.416 e. The minimum absolute atomic E-state index is 0.0755. The second kappa shape index (κ2) is 10.1. The first-order valence-electron chi connectivity index (χ1n) is 9.60. The van der Waals surface area contributed by atoms with Crippen molar-refractivity contribution >= 4 is 31.7 Å². The number of thioether (sulfide) groups is 1. The molecule has 0 radical (unpaired) electrons. The normalized spacial score (nSPS) is 12.7. The summed E-state index contributed by atoms with van der Waals surface area (Å²) in [6.45, 7) is 11.7. The predicted molar refractivity (Wildman–Crippen MR) is 123 cm³/mol. The Morgan fingerprint density at radius 3 is 2.18 bits per heavy atom. The zero-order chi connectivity index (χ0) is 20.6. The van der Waals surface area contributed by atoms with Crippen LogP contribution in [0.25, 0.3) is 0 Å². The molecule has 5 heteroatoms. The molecule has 3 nitrogen and oxygen atoms in total. The molecular formula is C23H31NO2SSi. The fraction of sp³-hybridized carbons (Fsp3) is 0.348. The van der Waals surface area contributed by atoms with Crippen molar-refractivity contribution in [3.8, 4) is 0 Å². The van der Waals surface area contributed by atoms with Crippen LogP contribution in [0.5, 0.6) is 0 Å². The molecule has 0 fully saturated rings. The summed E-state index contributed by atoms with van der Waals surface area (Å²) in [5.74, 6) is -0.0755. The summed E-state index contributed by atoms with van der Waals surface area (Å²) < 4.78 is 6.29. The SMILES string of the molecule is CC(C)(C)[Si](C)(C)OCCC(=CSc1ccccc1)C(=O)Nc1ccccc1. The highest BCUT2D eigenvalue weighted by molar-refractivity contribution is 8.02. The quantitative estimate of drug-likeness (QED) is 0.297. The Labute approximate surface area is 174 Å². The first-order valence-corrected chi connectivity index (χ1v) is 13.4. The number of carbonyl (C=O) groups is 1. The minimum atomic E-state index is -1.83. The fourth-order valence-electron chi connectivity index (χ4n) is 2.23. The van der Waals surface area contributed by atoms with Crippen LogP contribution >= 0.6 is 11.8 Å². The third-order valence-corrected chi connectivity index (χ3v) is 10.5. The molecule has 2 aromatic carbocycles. The molecule has 2 aromatic rings. The molecule has 0 aliphatic carbocycles. The standard InChI is InChI=1S/C23H31NO2SSi/c1-23(2,3)28(4,5)26-17-16-19(18-27-21-14-10-7-11-15-21)22(25)24-20-12-8-6-9-13-20/h6-15,18H,16-17H2,1-5H3,(H,24,25). The molecule has 0 aliphatic rings. The van der Waals surface area contributed by atoms with Gasteiger partial charge in [0, 0.05) is 29.2 Å². The van der Waals surface area contributed by atoms with Gasteiger partial charge in [0.25, 0.3) is 5.91 Å². The van der Waals surface area contributed by atoms with E-state index >= 15 is 0 Å². The molecule has 0 aliphatic heterocycles. The number of benzene rings is 2. The minimum Gasteiger partial charge on any atom is -0.416 e. The van der Waals surface area contributed by atoms with E-state index in [0.29, 0.717) is 13.0 Å². The fourth-order valence-corrected chi connectivity index (χ4v) is 4.09. The van der Waals surface area contributed by atoms with Crippen molar-refractivity contribution in [3.63, 3.8) is 0 Å². The van der Waals surface area contributed by atoms with Crippen LogP contribution in [0.2, 0.25) is 18.1 Å². The molecule has 150 valence electrons. The third kappa shape index (κ3) is 6.97. The third-order valence-electron chi connectivity index (χ3n) is 5.04. The molecule has 0 unspecified atom stereocenters. The summed E-state index contributed by atoms with van der Waals surface area (Å²) in [6, 6.07) is 19.6. The Hall–Kier alpha value is -1.82. The maximum absolute atomic E-state index is 12.8. The van der Waals surface area contributed by atoms with Crippen molar-refractivity contribution in [2.45, 2.75) is 50.2 Å². The molecule has 0 bridgehead atoms. The van der Waals surface area contributed by atoms with Crippen LogP contribution in [0.15, 0.2) is 76.5 Å². The van der Waals surface area contributed by atoms with E-state index in [1.807, 2.05) is 66.1 Å². The van der Waals surface area contributed by atoms with Crippen molar-refractivity contribution in [1.82, 2.24) is 0 Å². The zero-order valence-corrected chi connectivity index (χ0v) is 19.3. The van der Waals surface area contributed by atoms with Crippen LogP contribution < -0.4 is 5.32 Å². The molecule has 0 aromatic heterocycles. The summed E-state index contributed by atoms with van der Waals surface area (Å²) in [6.07, 6.45) is 0.588. The zero-order valence-electron chi connectivity index (χ0n) is 17.5. The smallest absolute Gasteiger partial charge is 0.252 e. The van der Waals surface area contributed by atoms with Crippen LogP contribution in [0, 0.1) is 0 Å². The van der Waals surface area contributed by atoms with Gasteiger partial charge in [-0.25, -0.2) is 0 Å². The second-order valence-corrected chi connectivity index (χ2v) is 14.0. The highest BCUT2D eigenvalue weighted by atomic mass is 32.2. The molecule has 0 saturated carbocycles. The Bertz CT molecular complexity index is 783. The van der Waals surface area contributed by atoms with Gasteiger partial charge in [0.15, 0.2) is 8.32 Å². The lowest BCUT2D eigenvalue weighted by Gasteiger charge is -2.36. The highest BCUT2D eigenvalue weighted by Gasteiger charge is 2.37. The van der Waals surface area contributed by atoms with Crippen molar-refractivity contribution in [3.05, 3.63) is 71.6 Å². The van der Waals surface area contributed by atoms with Crippen LogP contribution in [0.3, 0.4) is 0 Å². The number of hydrogen-bond donors (Lipinski definition) is 1. The second-order valence-electron chi connectivity index (χ2n) is 8.25. The molecule has 0 atom stereocenters. The van der Waals surface area contributed by atoms with Gasteiger partial charge in [-0.3, -0.25) is 4.79 Å². The lowest BCUT2D eigenvalue weighted by molar-refractivity contribution is -0.113.